The molecule has 0 bridgehead atoms. The highest BCUT2D eigenvalue weighted by Gasteiger charge is 2.16. The number of guanidine groups is 1. The van der Waals surface area contributed by atoms with Gasteiger partial charge in [0.2, 0.25) is 5.96 Å². The van der Waals surface area contributed by atoms with Gasteiger partial charge in [-0.25, -0.2) is 9.38 Å². The van der Waals surface area contributed by atoms with Gasteiger partial charge < -0.3 is 19.7 Å². The maximum absolute atomic E-state index is 13.9. The van der Waals surface area contributed by atoms with Gasteiger partial charge >= 0.3 is 0 Å². The van der Waals surface area contributed by atoms with Crippen LogP contribution in [0.5, 0.6) is 11.5 Å². The summed E-state index contributed by atoms with van der Waals surface area (Å²) >= 11 is 0. The number of likely N-dealkylation sites (N-methyl/N-ethyl adjacent to an activating group) is 1. The Bertz CT molecular complexity index is 879. The summed E-state index contributed by atoms with van der Waals surface area (Å²) < 4.78 is 24.7. The van der Waals surface area contributed by atoms with Gasteiger partial charge in [-0.05, 0) is 55.1 Å². The van der Waals surface area contributed by atoms with Crippen LogP contribution in [-0.4, -0.2) is 57.0 Å². The van der Waals surface area contributed by atoms with Gasteiger partial charge in [-0.1, -0.05) is 19.9 Å². The molecule has 1 aliphatic heterocycles. The van der Waals surface area contributed by atoms with Crippen LogP contribution >= 0.6 is 0 Å². The van der Waals surface area contributed by atoms with Crippen molar-refractivity contribution >= 4 is 17.9 Å². The molecule has 2 aromatic carbocycles. The van der Waals surface area contributed by atoms with Crippen LogP contribution in [0.15, 0.2) is 52.4 Å². The summed E-state index contributed by atoms with van der Waals surface area (Å²) in [5.41, 5.74) is 1.71. The molecule has 3 rings (SSSR count). The summed E-state index contributed by atoms with van der Waals surface area (Å²) in [7, 11) is 1.45. The first kappa shape index (κ1) is 21.8. The molecule has 1 aliphatic rings. The number of ether oxygens (including phenoxy) is 2. The normalized spacial score (nSPS) is 15.8. The molecule has 0 radical (unpaired) electrons. The number of hydrogen-bond donors (Lipinski definition) is 1. The van der Waals surface area contributed by atoms with E-state index in [1.807, 2.05) is 30.3 Å². The molecule has 0 saturated carbocycles. The van der Waals surface area contributed by atoms with Crippen LogP contribution in [0.2, 0.25) is 0 Å². The van der Waals surface area contributed by atoms with Crippen LogP contribution in [-0.2, 0) is 0 Å². The lowest BCUT2D eigenvalue weighted by Gasteiger charge is -2.18. The molecule has 0 saturated heterocycles. The number of rotatable bonds is 9. The minimum atomic E-state index is -0.379. The van der Waals surface area contributed by atoms with Crippen LogP contribution in [0.25, 0.3) is 0 Å². The van der Waals surface area contributed by atoms with Crippen LogP contribution in [0.1, 0.15) is 25.3 Å². The van der Waals surface area contributed by atoms with Crippen molar-refractivity contribution < 1.29 is 13.9 Å². The number of anilines is 1. The molecule has 1 N–H and O–H groups in total. The number of hydrogen-bond acceptors (Lipinski definition) is 6. The molecule has 0 fully saturated rings. The molecular weight excluding hydrogens is 383 g/mol. The minimum absolute atomic E-state index is 0.0578. The van der Waals surface area contributed by atoms with Gasteiger partial charge in [0.1, 0.15) is 12.4 Å². The summed E-state index contributed by atoms with van der Waals surface area (Å²) in [5, 5.41) is 3.20. The first-order chi connectivity index (χ1) is 14.6. The SMILES string of the molecule is CCN(CC)CCOc1ccc(NC2=NCC(c3ccc(OC)c(F)c3)C=N2)cc1. The van der Waals surface area contributed by atoms with E-state index < -0.39 is 0 Å². The van der Waals surface area contributed by atoms with E-state index in [-0.39, 0.29) is 17.5 Å². The Hall–Kier alpha value is -2.93. The van der Waals surface area contributed by atoms with Gasteiger partial charge in [0.05, 0.1) is 13.7 Å². The molecule has 0 aromatic heterocycles. The molecule has 0 aliphatic carbocycles. The Balaban J connectivity index is 1.50. The van der Waals surface area contributed by atoms with Crippen molar-refractivity contribution in [2.24, 2.45) is 9.98 Å². The predicted molar refractivity (Wildman–Crippen MR) is 120 cm³/mol. The van der Waals surface area contributed by atoms with Gasteiger partial charge in [0.15, 0.2) is 11.6 Å². The van der Waals surface area contributed by atoms with Crippen LogP contribution < -0.4 is 14.8 Å². The third-order valence-corrected chi connectivity index (χ3v) is 5.10. The zero-order valence-corrected chi connectivity index (χ0v) is 17.8. The van der Waals surface area contributed by atoms with Gasteiger partial charge in [0.25, 0.3) is 0 Å². The fraction of sp³-hybridized carbons (Fsp3) is 0.391. The lowest BCUT2D eigenvalue weighted by Crippen LogP contribution is -2.27. The van der Waals surface area contributed by atoms with Crippen LogP contribution in [0.3, 0.4) is 0 Å². The maximum Gasteiger partial charge on any atom is 0.222 e. The van der Waals surface area contributed by atoms with E-state index in [4.69, 9.17) is 9.47 Å². The quantitative estimate of drug-likeness (QED) is 0.671. The average molecular weight is 413 g/mol. The van der Waals surface area contributed by atoms with Crippen molar-refractivity contribution in [3.05, 3.63) is 53.8 Å². The molecule has 30 heavy (non-hydrogen) atoms. The zero-order valence-electron chi connectivity index (χ0n) is 17.8. The summed E-state index contributed by atoms with van der Waals surface area (Å²) in [6, 6.07) is 12.7. The molecule has 1 heterocycles. The van der Waals surface area contributed by atoms with Crippen LogP contribution in [0, 0.1) is 5.82 Å². The van der Waals surface area contributed by atoms with Crippen molar-refractivity contribution in [3.8, 4) is 11.5 Å². The summed E-state index contributed by atoms with van der Waals surface area (Å²) in [5.74, 6) is 1.17. The van der Waals surface area contributed by atoms with Crippen molar-refractivity contribution in [1.29, 1.82) is 0 Å². The lowest BCUT2D eigenvalue weighted by molar-refractivity contribution is 0.223. The second kappa shape index (κ2) is 10.7. The Kier molecular flexibility index (Phi) is 7.79. The average Bonchev–Trinajstić information content (AvgIpc) is 2.78. The highest BCUT2D eigenvalue weighted by atomic mass is 19.1. The first-order valence-electron chi connectivity index (χ1n) is 10.3. The second-order valence-electron chi connectivity index (χ2n) is 6.97. The molecule has 7 heteroatoms. The van der Waals surface area contributed by atoms with Gasteiger partial charge in [-0.3, -0.25) is 4.99 Å². The predicted octanol–water partition coefficient (Wildman–Crippen LogP) is 4.19. The Morgan fingerprint density at radius 1 is 1.13 bits per heavy atom. The third kappa shape index (κ3) is 5.79. The van der Waals surface area contributed by atoms with Gasteiger partial charge in [-0.2, -0.15) is 0 Å². The standard InChI is InChI=1S/C23H29FN4O2/c1-4-28(5-2)12-13-30-20-9-7-19(8-10-20)27-23-25-15-18(16-26-23)17-6-11-22(29-3)21(24)14-17/h6-11,14-15,18H,4-5,12-13,16H2,1-3H3,(H,26,27). The van der Waals surface area contributed by atoms with E-state index in [9.17, 15) is 4.39 Å². The molecule has 1 atom stereocenters. The summed E-state index contributed by atoms with van der Waals surface area (Å²) in [6.45, 7) is 8.44. The monoisotopic (exact) mass is 412 g/mol. The second-order valence-corrected chi connectivity index (χ2v) is 6.97. The van der Waals surface area contributed by atoms with Gasteiger partial charge in [-0.15, -0.1) is 0 Å². The Labute approximate surface area is 177 Å². The number of methoxy groups -OCH3 is 1. The highest BCUT2D eigenvalue weighted by molar-refractivity contribution is 6.00. The molecular formula is C23H29FN4O2. The molecule has 0 spiro atoms. The van der Waals surface area contributed by atoms with E-state index in [0.717, 1.165) is 36.6 Å². The first-order valence-corrected chi connectivity index (χ1v) is 10.3. The molecule has 2 aromatic rings. The fourth-order valence-corrected chi connectivity index (χ4v) is 3.21. The van der Waals surface area contributed by atoms with E-state index in [0.29, 0.717) is 19.1 Å². The topological polar surface area (TPSA) is 58.5 Å². The number of nitrogens with one attached hydrogen (secondary N) is 1. The third-order valence-electron chi connectivity index (χ3n) is 5.10. The molecule has 6 nitrogen and oxygen atoms in total. The Morgan fingerprint density at radius 3 is 2.50 bits per heavy atom. The Morgan fingerprint density at radius 2 is 1.90 bits per heavy atom. The van der Waals surface area contributed by atoms with Crippen molar-refractivity contribution in [2.75, 3.05) is 45.2 Å². The number of benzene rings is 2. The van der Waals surface area contributed by atoms with Crippen molar-refractivity contribution in [2.45, 2.75) is 19.8 Å². The van der Waals surface area contributed by atoms with Crippen molar-refractivity contribution in [1.82, 2.24) is 4.90 Å². The van der Waals surface area contributed by atoms with E-state index in [1.165, 1.54) is 13.2 Å². The highest BCUT2D eigenvalue weighted by Crippen LogP contribution is 2.24. The number of halogens is 1. The fourth-order valence-electron chi connectivity index (χ4n) is 3.21. The zero-order chi connectivity index (χ0) is 21.3. The van der Waals surface area contributed by atoms with Crippen molar-refractivity contribution in [3.63, 3.8) is 0 Å². The van der Waals surface area contributed by atoms with E-state index in [2.05, 4.69) is 34.0 Å². The molecule has 160 valence electrons. The lowest BCUT2D eigenvalue weighted by atomic mass is 9.99. The van der Waals surface area contributed by atoms with Gasteiger partial charge in [0, 0.05) is 24.4 Å². The molecule has 0 amide bonds. The maximum atomic E-state index is 13.9. The summed E-state index contributed by atoms with van der Waals surface area (Å²) in [4.78, 5) is 11.2. The molecule has 1 unspecified atom stereocenters. The van der Waals surface area contributed by atoms with E-state index >= 15 is 0 Å². The number of aliphatic imine (C=N–C) groups is 2. The minimum Gasteiger partial charge on any atom is -0.494 e. The van der Waals surface area contributed by atoms with Crippen LogP contribution in [0.4, 0.5) is 10.1 Å². The number of nitrogens with zero attached hydrogens (tertiary/aromatic N) is 3. The summed E-state index contributed by atoms with van der Waals surface area (Å²) in [6.07, 6.45) is 1.79. The largest absolute Gasteiger partial charge is 0.494 e. The smallest absolute Gasteiger partial charge is 0.222 e. The van der Waals surface area contributed by atoms with E-state index in [1.54, 1.807) is 12.3 Å².